The van der Waals surface area contributed by atoms with Gasteiger partial charge >= 0.3 is 0 Å². The second kappa shape index (κ2) is 8.09. The van der Waals surface area contributed by atoms with E-state index in [4.69, 9.17) is 10.1 Å². The van der Waals surface area contributed by atoms with Gasteiger partial charge in [-0.15, -0.1) is 0 Å². The number of nitrogens with one attached hydrogen (secondary N) is 2. The van der Waals surface area contributed by atoms with Gasteiger partial charge in [0.05, 0.1) is 19.5 Å². The standard InChI is InChI=1S/C20H19N5OS/c21-18-17-19(25(14-22-18)13-15-7-3-1-4-8-15)24-20(23-17)27-12-11-26-16-9-5-2-6-10-16/h1-10,14,21H,11-13H2,(H,23,24). The van der Waals surface area contributed by atoms with Crippen LogP contribution in [-0.2, 0) is 6.54 Å². The first-order valence-corrected chi connectivity index (χ1v) is 9.62. The van der Waals surface area contributed by atoms with Crippen molar-refractivity contribution in [3.8, 4) is 5.75 Å². The normalized spacial score (nSPS) is 11.0. The monoisotopic (exact) mass is 377 g/mol. The van der Waals surface area contributed by atoms with Crippen LogP contribution >= 0.6 is 11.8 Å². The maximum absolute atomic E-state index is 8.05. The molecule has 0 saturated carbocycles. The van der Waals surface area contributed by atoms with Crippen LogP contribution in [0.4, 0.5) is 0 Å². The molecule has 6 nitrogen and oxygen atoms in total. The lowest BCUT2D eigenvalue weighted by Crippen LogP contribution is -2.13. The van der Waals surface area contributed by atoms with Crippen molar-refractivity contribution < 1.29 is 4.74 Å². The summed E-state index contributed by atoms with van der Waals surface area (Å²) in [6, 6.07) is 19.9. The third kappa shape index (κ3) is 4.20. The number of fused-ring (bicyclic) bond motifs is 1. The zero-order valence-corrected chi connectivity index (χ0v) is 15.4. The maximum Gasteiger partial charge on any atom is 0.173 e. The van der Waals surface area contributed by atoms with Crippen molar-refractivity contribution in [2.75, 3.05) is 12.4 Å². The van der Waals surface area contributed by atoms with Crippen LogP contribution in [0.5, 0.6) is 5.75 Å². The van der Waals surface area contributed by atoms with E-state index in [1.54, 1.807) is 18.1 Å². The van der Waals surface area contributed by atoms with E-state index in [-0.39, 0.29) is 5.49 Å². The van der Waals surface area contributed by atoms with Crippen LogP contribution in [0.25, 0.3) is 11.2 Å². The van der Waals surface area contributed by atoms with E-state index in [1.807, 2.05) is 53.1 Å². The molecule has 4 rings (SSSR count). The number of benzene rings is 2. The molecule has 0 aliphatic rings. The predicted molar refractivity (Wildman–Crippen MR) is 106 cm³/mol. The van der Waals surface area contributed by atoms with Crippen LogP contribution in [0.2, 0.25) is 0 Å². The Labute approximate surface area is 160 Å². The Morgan fingerprint density at radius 2 is 1.78 bits per heavy atom. The van der Waals surface area contributed by atoms with Crippen LogP contribution in [-0.4, -0.2) is 31.9 Å². The number of aromatic nitrogens is 4. The topological polar surface area (TPSA) is 79.6 Å². The third-order valence-corrected chi connectivity index (χ3v) is 4.87. The van der Waals surface area contributed by atoms with E-state index in [1.165, 1.54) is 0 Å². The molecule has 2 aromatic carbocycles. The zero-order valence-electron chi connectivity index (χ0n) is 14.6. The molecule has 0 aliphatic carbocycles. The maximum atomic E-state index is 8.05. The fraction of sp³-hybridized carbons (Fsp3) is 0.150. The molecular weight excluding hydrogens is 358 g/mol. The third-order valence-electron chi connectivity index (χ3n) is 4.03. The first-order chi connectivity index (χ1) is 13.3. The first-order valence-electron chi connectivity index (χ1n) is 8.64. The molecule has 27 heavy (non-hydrogen) atoms. The highest BCUT2D eigenvalue weighted by Crippen LogP contribution is 2.18. The molecular formula is C20H19N5OS. The van der Waals surface area contributed by atoms with E-state index in [2.05, 4.69) is 27.1 Å². The van der Waals surface area contributed by atoms with Gasteiger partial charge < -0.3 is 14.3 Å². The number of ether oxygens (including phenoxy) is 1. The Morgan fingerprint density at radius 3 is 2.56 bits per heavy atom. The first kappa shape index (κ1) is 17.4. The van der Waals surface area contributed by atoms with Crippen LogP contribution < -0.4 is 10.2 Å². The number of nitrogens with zero attached hydrogens (tertiary/aromatic N) is 3. The van der Waals surface area contributed by atoms with E-state index in [0.29, 0.717) is 18.7 Å². The molecule has 0 unspecified atom stereocenters. The fourth-order valence-electron chi connectivity index (χ4n) is 2.74. The summed E-state index contributed by atoms with van der Waals surface area (Å²) >= 11 is 1.57. The highest BCUT2D eigenvalue weighted by atomic mass is 32.2. The van der Waals surface area contributed by atoms with Gasteiger partial charge in [0.15, 0.2) is 16.3 Å². The van der Waals surface area contributed by atoms with Crippen molar-refractivity contribution in [3.63, 3.8) is 0 Å². The molecule has 2 heterocycles. The average molecular weight is 377 g/mol. The molecule has 0 saturated heterocycles. The van der Waals surface area contributed by atoms with Gasteiger partial charge in [0, 0.05) is 5.75 Å². The van der Waals surface area contributed by atoms with Gasteiger partial charge in [0.1, 0.15) is 11.3 Å². The Kier molecular flexibility index (Phi) is 5.20. The van der Waals surface area contributed by atoms with Gasteiger partial charge in [-0.1, -0.05) is 60.3 Å². The number of hydrogen-bond donors (Lipinski definition) is 2. The second-order valence-electron chi connectivity index (χ2n) is 5.96. The van der Waals surface area contributed by atoms with Gasteiger partial charge in [-0.3, -0.25) is 5.41 Å². The molecule has 0 radical (unpaired) electrons. The number of thioether (sulfide) groups is 1. The van der Waals surface area contributed by atoms with Crippen molar-refractivity contribution in [2.45, 2.75) is 11.7 Å². The molecule has 2 N–H and O–H groups in total. The molecule has 2 aromatic heterocycles. The molecule has 0 fully saturated rings. The Balaban J connectivity index is 1.47. The lowest BCUT2D eigenvalue weighted by atomic mass is 10.2. The number of H-pyrrole nitrogens is 1. The van der Waals surface area contributed by atoms with Crippen LogP contribution in [0.1, 0.15) is 5.56 Å². The van der Waals surface area contributed by atoms with E-state index >= 15 is 0 Å². The molecule has 0 bridgehead atoms. The van der Waals surface area contributed by atoms with E-state index in [0.717, 1.165) is 27.9 Å². The summed E-state index contributed by atoms with van der Waals surface area (Å²) in [4.78, 5) is 12.1. The lowest BCUT2D eigenvalue weighted by Gasteiger charge is -2.06. The van der Waals surface area contributed by atoms with Gasteiger partial charge in [0.25, 0.3) is 0 Å². The molecule has 136 valence electrons. The average Bonchev–Trinajstić information content (AvgIpc) is 3.14. The summed E-state index contributed by atoms with van der Waals surface area (Å²) in [5.41, 5.74) is 2.76. The van der Waals surface area contributed by atoms with Gasteiger partial charge in [0.2, 0.25) is 0 Å². The van der Waals surface area contributed by atoms with Crippen LogP contribution in [0.3, 0.4) is 0 Å². The molecule has 0 atom stereocenters. The van der Waals surface area contributed by atoms with Crippen molar-refractivity contribution >= 4 is 22.9 Å². The number of hydrogen-bond acceptors (Lipinski definition) is 5. The summed E-state index contributed by atoms with van der Waals surface area (Å²) in [5.74, 6) is 1.62. The summed E-state index contributed by atoms with van der Waals surface area (Å²) < 4.78 is 7.67. The molecule has 4 aromatic rings. The highest BCUT2D eigenvalue weighted by Gasteiger charge is 2.10. The zero-order chi connectivity index (χ0) is 18.5. The van der Waals surface area contributed by atoms with Crippen molar-refractivity contribution in [1.82, 2.24) is 19.5 Å². The highest BCUT2D eigenvalue weighted by molar-refractivity contribution is 7.99. The minimum absolute atomic E-state index is 0.203. The van der Waals surface area contributed by atoms with Gasteiger partial charge in [-0.05, 0) is 17.7 Å². The Hall–Kier alpha value is -3.06. The predicted octanol–water partition coefficient (Wildman–Crippen LogP) is 3.46. The number of para-hydroxylation sites is 1. The SMILES string of the molecule is N=c1ncn(Cc2ccccc2)c2nc(SCCOc3ccccc3)[nH]c12. The molecule has 0 spiro atoms. The smallest absolute Gasteiger partial charge is 0.173 e. The quantitative estimate of drug-likeness (QED) is 0.382. The molecule has 7 heteroatoms. The van der Waals surface area contributed by atoms with Crippen LogP contribution in [0, 0.1) is 5.41 Å². The van der Waals surface area contributed by atoms with Gasteiger partial charge in [-0.2, -0.15) is 0 Å². The number of imidazole rings is 1. The lowest BCUT2D eigenvalue weighted by molar-refractivity contribution is 0.344. The molecule has 0 amide bonds. The minimum atomic E-state index is 0.203. The number of rotatable bonds is 7. The van der Waals surface area contributed by atoms with E-state index < -0.39 is 0 Å². The largest absolute Gasteiger partial charge is 0.493 e. The second-order valence-corrected chi connectivity index (χ2v) is 7.04. The summed E-state index contributed by atoms with van der Waals surface area (Å²) in [6.45, 7) is 1.25. The van der Waals surface area contributed by atoms with Crippen molar-refractivity contribution in [2.24, 2.45) is 0 Å². The fourth-order valence-corrected chi connectivity index (χ4v) is 3.43. The summed E-state index contributed by atoms with van der Waals surface area (Å²) in [6.07, 6.45) is 1.67. The Bertz CT molecular complexity index is 1080. The van der Waals surface area contributed by atoms with E-state index in [9.17, 15) is 0 Å². The summed E-state index contributed by atoms with van der Waals surface area (Å²) in [7, 11) is 0. The minimum Gasteiger partial charge on any atom is -0.493 e. The van der Waals surface area contributed by atoms with Crippen molar-refractivity contribution in [1.29, 1.82) is 5.41 Å². The number of aromatic amines is 1. The van der Waals surface area contributed by atoms with Crippen molar-refractivity contribution in [3.05, 3.63) is 78.0 Å². The summed E-state index contributed by atoms with van der Waals surface area (Å²) in [5, 5.41) is 8.82. The Morgan fingerprint density at radius 1 is 1.04 bits per heavy atom. The van der Waals surface area contributed by atoms with Gasteiger partial charge in [-0.25, -0.2) is 9.97 Å². The molecule has 0 aliphatic heterocycles. The van der Waals surface area contributed by atoms with Crippen LogP contribution in [0.15, 0.2) is 72.1 Å².